The number of aliphatic carboxylic acids is 3. The average molecular weight is 435 g/mol. The molecule has 12 heteroatoms. The van der Waals surface area contributed by atoms with Gasteiger partial charge in [0, 0.05) is 41.9 Å². The van der Waals surface area contributed by atoms with Crippen LogP contribution in [0.4, 0.5) is 0 Å². The predicted molar refractivity (Wildman–Crippen MR) is 107 cm³/mol. The number of carboxylic acid groups (broad SMARTS) is 3. The van der Waals surface area contributed by atoms with Gasteiger partial charge in [0.05, 0.1) is 0 Å². The molecule has 0 aliphatic heterocycles. The van der Waals surface area contributed by atoms with Crippen LogP contribution in [-0.4, -0.2) is 105 Å². The normalized spacial score (nSPS) is 12.3. The summed E-state index contributed by atoms with van der Waals surface area (Å²) in [4.78, 5) is 65.9. The Morgan fingerprint density at radius 1 is 0.500 bits per heavy atom. The van der Waals surface area contributed by atoms with E-state index in [2.05, 4.69) is 0 Å². The van der Waals surface area contributed by atoms with Crippen molar-refractivity contribution in [3.05, 3.63) is 0 Å². The van der Waals surface area contributed by atoms with Gasteiger partial charge >= 0.3 is 17.9 Å². The zero-order chi connectivity index (χ0) is 24.9. The smallest absolute Gasteiger partial charge is 0.326 e. The number of hydrogen-bond acceptors (Lipinski definition) is 6. The van der Waals surface area contributed by atoms with Crippen molar-refractivity contribution >= 4 is 35.6 Å². The van der Waals surface area contributed by atoms with Crippen LogP contribution in [0.2, 0.25) is 0 Å². The third kappa shape index (κ3) is 13.1. The van der Waals surface area contributed by atoms with Gasteiger partial charge in [-0.3, -0.25) is 14.4 Å². The van der Waals surface area contributed by atoms with Gasteiger partial charge in [-0.1, -0.05) is 0 Å². The maximum Gasteiger partial charge on any atom is 0.326 e. The molecule has 1 unspecified atom stereocenters. The van der Waals surface area contributed by atoms with E-state index >= 15 is 0 Å². The van der Waals surface area contributed by atoms with Crippen LogP contribution >= 0.6 is 0 Å². The van der Waals surface area contributed by atoms with Crippen LogP contribution in [-0.2, 0) is 28.8 Å². The maximum absolute atomic E-state index is 10.6. The maximum atomic E-state index is 10.6. The molecule has 0 rings (SSSR count). The third-order valence-corrected chi connectivity index (χ3v) is 4.31. The zero-order valence-electron chi connectivity index (χ0n) is 18.9. The largest absolute Gasteiger partial charge is 0.480 e. The minimum absolute atomic E-state index is 0.241. The second-order valence-electron chi connectivity index (χ2n) is 6.43. The number of hydrogen-bond donors (Lipinski definition) is 3. The topological polar surface area (TPSA) is 173 Å². The lowest BCUT2D eigenvalue weighted by molar-refractivity contribution is -0.147. The van der Waals surface area contributed by atoms with E-state index < -0.39 is 36.0 Å². The quantitative estimate of drug-likeness (QED) is 0.511. The first-order valence-corrected chi connectivity index (χ1v) is 8.78. The van der Waals surface area contributed by atoms with E-state index in [0.29, 0.717) is 0 Å². The molecule has 0 fully saturated rings. The minimum Gasteiger partial charge on any atom is -0.480 e. The van der Waals surface area contributed by atoms with Gasteiger partial charge in [0.1, 0.15) is 18.1 Å². The lowest BCUT2D eigenvalue weighted by atomic mass is 10.3. The molecule has 0 spiro atoms. The molecule has 0 heterocycles. The van der Waals surface area contributed by atoms with Crippen molar-refractivity contribution in [1.29, 1.82) is 0 Å². The summed E-state index contributed by atoms with van der Waals surface area (Å²) in [6.07, 6.45) is 0. The number of nitrogens with zero attached hydrogens (tertiary/aromatic N) is 3. The Morgan fingerprint density at radius 2 is 0.633 bits per heavy atom. The first-order chi connectivity index (χ1) is 13.4. The van der Waals surface area contributed by atoms with Crippen LogP contribution in [0, 0.1) is 0 Å². The Morgan fingerprint density at radius 3 is 0.667 bits per heavy atom. The molecule has 3 atom stereocenters. The van der Waals surface area contributed by atoms with Crippen LogP contribution in [0.3, 0.4) is 0 Å². The van der Waals surface area contributed by atoms with Crippen LogP contribution in [0.15, 0.2) is 0 Å². The zero-order valence-corrected chi connectivity index (χ0v) is 18.9. The van der Waals surface area contributed by atoms with E-state index in [4.69, 9.17) is 15.3 Å². The molecule has 0 saturated carbocycles. The molecule has 174 valence electrons. The average Bonchev–Trinajstić information content (AvgIpc) is 2.64. The molecule has 0 aliphatic rings. The predicted octanol–water partition coefficient (Wildman–Crippen LogP) is -0.187. The summed E-state index contributed by atoms with van der Waals surface area (Å²) >= 11 is 0. The van der Waals surface area contributed by atoms with Crippen LogP contribution in [0.5, 0.6) is 0 Å². The van der Waals surface area contributed by atoms with Gasteiger partial charge in [-0.05, 0) is 20.8 Å². The molecule has 12 nitrogen and oxygen atoms in total. The molecular weight excluding hydrogens is 402 g/mol. The summed E-state index contributed by atoms with van der Waals surface area (Å²) in [6, 6.07) is -2.22. The highest BCUT2D eigenvalue weighted by Crippen LogP contribution is 1.96. The van der Waals surface area contributed by atoms with Crippen molar-refractivity contribution in [1.82, 2.24) is 14.7 Å². The Hall–Kier alpha value is -3.18. The highest BCUT2D eigenvalue weighted by atomic mass is 16.4. The van der Waals surface area contributed by atoms with Gasteiger partial charge in [0.2, 0.25) is 17.7 Å². The summed E-state index contributed by atoms with van der Waals surface area (Å²) in [5.41, 5.74) is 0. The molecule has 3 amide bonds. The lowest BCUT2D eigenvalue weighted by Crippen LogP contribution is -2.38. The summed E-state index contributed by atoms with van der Waals surface area (Å²) in [5.74, 6) is -3.69. The van der Waals surface area contributed by atoms with Gasteiger partial charge in [-0.25, -0.2) is 14.4 Å². The van der Waals surface area contributed by atoms with E-state index in [1.54, 1.807) is 0 Å². The fourth-order valence-corrected chi connectivity index (χ4v) is 1.32. The number of amides is 3. The monoisotopic (exact) mass is 435 g/mol. The molecule has 0 radical (unpaired) electrons. The number of carbonyl (C=O) groups is 6. The summed E-state index contributed by atoms with van der Waals surface area (Å²) in [6.45, 7) is 8.38. The molecule has 3 N–H and O–H groups in total. The second-order valence-corrected chi connectivity index (χ2v) is 6.43. The second kappa shape index (κ2) is 14.8. The van der Waals surface area contributed by atoms with Crippen molar-refractivity contribution in [2.75, 3.05) is 21.1 Å². The number of carbonyl (C=O) groups excluding carboxylic acids is 3. The fourth-order valence-electron chi connectivity index (χ4n) is 1.32. The Balaban J connectivity index is -0.000000364. The van der Waals surface area contributed by atoms with Crippen molar-refractivity contribution < 1.29 is 44.1 Å². The summed E-state index contributed by atoms with van der Waals surface area (Å²) < 4.78 is 0. The van der Waals surface area contributed by atoms with Crippen LogP contribution in [0.25, 0.3) is 0 Å². The molecule has 0 aromatic heterocycles. The number of rotatable bonds is 6. The van der Waals surface area contributed by atoms with Gasteiger partial charge in [0.25, 0.3) is 0 Å². The van der Waals surface area contributed by atoms with E-state index in [1.165, 1.54) is 77.4 Å². The molecule has 0 aromatic rings. The molecular formula is C18H33N3O9. The standard InChI is InChI=1S/3C6H11NO3/c3*1-4(6(9)10)7(3)5(2)8/h3*4H,1-3H3,(H,9,10)/t2*4-;/m10./s1. The van der Waals surface area contributed by atoms with E-state index in [9.17, 15) is 28.8 Å². The molecule has 0 saturated heterocycles. The molecule has 0 aromatic carbocycles. The Bertz CT molecular complexity index is 497. The van der Waals surface area contributed by atoms with Crippen molar-refractivity contribution in [3.63, 3.8) is 0 Å². The molecule has 0 bridgehead atoms. The summed E-state index contributed by atoms with van der Waals surface area (Å²) in [7, 11) is 4.38. The SMILES string of the molecule is CC(=O)N(C)C(C)C(=O)O.CC(=O)N(C)[C@@H](C)C(=O)O.CC(=O)N(C)[C@H](C)C(=O)O. The van der Waals surface area contributed by atoms with E-state index in [-0.39, 0.29) is 17.7 Å². The van der Waals surface area contributed by atoms with Crippen molar-refractivity contribution in [3.8, 4) is 0 Å². The summed E-state index contributed by atoms with van der Waals surface area (Å²) in [5, 5.41) is 25.2. The highest BCUT2D eigenvalue weighted by molar-refractivity contribution is 5.82. The van der Waals surface area contributed by atoms with E-state index in [0.717, 1.165) is 0 Å². The van der Waals surface area contributed by atoms with Gasteiger partial charge in [-0.2, -0.15) is 0 Å². The molecule has 30 heavy (non-hydrogen) atoms. The minimum atomic E-state index is -0.988. The Labute approximate surface area is 176 Å². The Kier molecular flexibility index (Phi) is 15.5. The van der Waals surface area contributed by atoms with Crippen molar-refractivity contribution in [2.45, 2.75) is 59.7 Å². The fraction of sp³-hybridized carbons (Fsp3) is 0.667. The first-order valence-electron chi connectivity index (χ1n) is 8.78. The van der Waals surface area contributed by atoms with E-state index in [1.807, 2.05) is 0 Å². The number of carboxylic acids is 3. The van der Waals surface area contributed by atoms with Crippen LogP contribution in [0.1, 0.15) is 41.5 Å². The first kappa shape index (κ1) is 31.5. The van der Waals surface area contributed by atoms with Gasteiger partial charge in [0.15, 0.2) is 0 Å². The number of likely N-dealkylation sites (N-methyl/N-ethyl adjacent to an activating group) is 3. The van der Waals surface area contributed by atoms with Gasteiger partial charge in [-0.15, -0.1) is 0 Å². The lowest BCUT2D eigenvalue weighted by Gasteiger charge is -2.18. The van der Waals surface area contributed by atoms with Crippen LogP contribution < -0.4 is 0 Å². The highest BCUT2D eigenvalue weighted by Gasteiger charge is 2.19. The molecule has 0 aliphatic carbocycles. The third-order valence-electron chi connectivity index (χ3n) is 4.31. The van der Waals surface area contributed by atoms with Crippen molar-refractivity contribution in [2.24, 2.45) is 0 Å². The van der Waals surface area contributed by atoms with Gasteiger partial charge < -0.3 is 30.0 Å².